The first-order chi connectivity index (χ1) is 6.63. The minimum absolute atomic E-state index is 0.0649. The molecule has 0 aliphatic heterocycles. The number of carboxylic acids is 1. The molecule has 74 valence electrons. The van der Waals surface area contributed by atoms with E-state index in [1.54, 1.807) is 12.1 Å². The van der Waals surface area contributed by atoms with Crippen molar-refractivity contribution >= 4 is 5.97 Å². The van der Waals surface area contributed by atoms with Gasteiger partial charge in [-0.05, 0) is 29.7 Å². The highest BCUT2D eigenvalue weighted by Crippen LogP contribution is 2.41. The summed E-state index contributed by atoms with van der Waals surface area (Å²) < 4.78 is 4.90. The molecule has 0 heterocycles. The topological polar surface area (TPSA) is 66.8 Å². The Kier molecular flexibility index (Phi) is 1.84. The lowest BCUT2D eigenvalue weighted by atomic mass is 9.77. The van der Waals surface area contributed by atoms with Crippen molar-refractivity contribution < 1.29 is 19.7 Å². The molecule has 2 N–H and O–H groups in total. The molecule has 0 amide bonds. The van der Waals surface area contributed by atoms with E-state index < -0.39 is 11.9 Å². The first-order valence-corrected chi connectivity index (χ1v) is 4.26. The van der Waals surface area contributed by atoms with Gasteiger partial charge >= 0.3 is 5.97 Å². The molecule has 1 aromatic carbocycles. The quantitative estimate of drug-likeness (QED) is 0.740. The summed E-state index contributed by atoms with van der Waals surface area (Å²) in [4.78, 5) is 10.7. The van der Waals surface area contributed by atoms with Crippen LogP contribution in [0.2, 0.25) is 0 Å². The van der Waals surface area contributed by atoms with E-state index in [-0.39, 0.29) is 5.75 Å². The predicted octanol–water partition coefficient (Wildman–Crippen LogP) is 1.13. The van der Waals surface area contributed by atoms with Crippen molar-refractivity contribution in [2.45, 2.75) is 12.3 Å². The second-order valence-electron chi connectivity index (χ2n) is 3.32. The third-order valence-electron chi connectivity index (χ3n) is 2.54. The second-order valence-corrected chi connectivity index (χ2v) is 3.32. The molecular weight excluding hydrogens is 184 g/mol. The number of fused-ring (bicyclic) bond motifs is 1. The molecule has 2 rings (SSSR count). The summed E-state index contributed by atoms with van der Waals surface area (Å²) >= 11 is 0. The number of carboxylic acid groups (broad SMARTS) is 1. The number of phenolic OH excluding ortho intramolecular Hbond substituents is 1. The predicted molar refractivity (Wildman–Crippen MR) is 48.7 cm³/mol. The van der Waals surface area contributed by atoms with Crippen LogP contribution in [0.4, 0.5) is 0 Å². The fraction of sp³-hybridized carbons (Fsp3) is 0.300. The molecule has 0 fully saturated rings. The average Bonchev–Trinajstić information content (AvgIpc) is 2.10. The molecule has 0 aromatic heterocycles. The number of phenols is 1. The maximum absolute atomic E-state index is 10.7. The Morgan fingerprint density at radius 3 is 2.86 bits per heavy atom. The van der Waals surface area contributed by atoms with Gasteiger partial charge in [-0.25, -0.2) is 0 Å². The van der Waals surface area contributed by atoms with Crippen molar-refractivity contribution in [2.75, 3.05) is 7.11 Å². The van der Waals surface area contributed by atoms with Crippen LogP contribution in [0.15, 0.2) is 12.1 Å². The lowest BCUT2D eigenvalue weighted by Gasteiger charge is -2.27. The lowest BCUT2D eigenvalue weighted by Crippen LogP contribution is -2.24. The molecule has 1 atom stereocenters. The van der Waals surface area contributed by atoms with Crippen molar-refractivity contribution in [3.63, 3.8) is 0 Å². The van der Waals surface area contributed by atoms with Gasteiger partial charge in [-0.3, -0.25) is 4.79 Å². The summed E-state index contributed by atoms with van der Waals surface area (Å²) in [5.41, 5.74) is 1.63. The number of aromatic hydroxyl groups is 1. The second kappa shape index (κ2) is 2.90. The zero-order valence-electron chi connectivity index (χ0n) is 7.65. The number of rotatable bonds is 2. The number of carbonyl (C=O) groups is 1. The van der Waals surface area contributed by atoms with Crippen molar-refractivity contribution in [3.8, 4) is 11.5 Å². The number of hydrogen-bond acceptors (Lipinski definition) is 3. The van der Waals surface area contributed by atoms with Crippen LogP contribution in [-0.2, 0) is 11.2 Å². The monoisotopic (exact) mass is 194 g/mol. The summed E-state index contributed by atoms with van der Waals surface area (Å²) in [5.74, 6) is -0.880. The lowest BCUT2D eigenvalue weighted by molar-refractivity contribution is -0.139. The Labute approximate surface area is 80.7 Å². The highest BCUT2D eigenvalue weighted by molar-refractivity contribution is 5.81. The molecule has 1 aliphatic carbocycles. The Bertz CT molecular complexity index is 397. The van der Waals surface area contributed by atoms with E-state index in [0.29, 0.717) is 12.2 Å². The maximum Gasteiger partial charge on any atom is 0.311 e. The third kappa shape index (κ3) is 1.11. The van der Waals surface area contributed by atoms with Gasteiger partial charge in [0.2, 0.25) is 0 Å². The van der Waals surface area contributed by atoms with E-state index in [2.05, 4.69) is 0 Å². The highest BCUT2D eigenvalue weighted by atomic mass is 16.5. The maximum atomic E-state index is 10.7. The minimum atomic E-state index is -0.828. The fourth-order valence-electron chi connectivity index (χ4n) is 1.71. The number of hydrogen-bond donors (Lipinski definition) is 2. The van der Waals surface area contributed by atoms with Crippen molar-refractivity contribution in [3.05, 3.63) is 23.3 Å². The van der Waals surface area contributed by atoms with Gasteiger partial charge in [0.05, 0.1) is 13.0 Å². The standard InChI is InChI=1S/C10H10O4/c1-14-9-4-6-5(3-8(9)11)2-7(6)10(12)13/h3-4,7,11H,2H2,1H3,(H,12,13). The van der Waals surface area contributed by atoms with E-state index in [4.69, 9.17) is 9.84 Å². The normalized spacial score (nSPS) is 18.2. The van der Waals surface area contributed by atoms with Gasteiger partial charge in [-0.1, -0.05) is 0 Å². The van der Waals surface area contributed by atoms with Crippen LogP contribution in [0.5, 0.6) is 11.5 Å². The van der Waals surface area contributed by atoms with Gasteiger partial charge in [0.25, 0.3) is 0 Å². The van der Waals surface area contributed by atoms with Gasteiger partial charge in [0.1, 0.15) is 0 Å². The molecule has 0 saturated carbocycles. The zero-order valence-corrected chi connectivity index (χ0v) is 7.65. The fourth-order valence-corrected chi connectivity index (χ4v) is 1.71. The molecule has 1 aliphatic rings. The largest absolute Gasteiger partial charge is 0.504 e. The van der Waals surface area contributed by atoms with Crippen LogP contribution in [0.3, 0.4) is 0 Å². The molecule has 1 aromatic rings. The van der Waals surface area contributed by atoms with Crippen LogP contribution in [-0.4, -0.2) is 23.3 Å². The van der Waals surface area contributed by atoms with E-state index in [1.165, 1.54) is 7.11 Å². The first-order valence-electron chi connectivity index (χ1n) is 4.26. The number of benzene rings is 1. The van der Waals surface area contributed by atoms with Crippen molar-refractivity contribution in [1.29, 1.82) is 0 Å². The molecular formula is C10H10O4. The van der Waals surface area contributed by atoms with Gasteiger partial charge in [-0.2, -0.15) is 0 Å². The summed E-state index contributed by atoms with van der Waals surface area (Å²) in [6.07, 6.45) is 0.488. The Morgan fingerprint density at radius 2 is 2.29 bits per heavy atom. The number of ether oxygens (including phenoxy) is 1. The van der Waals surface area contributed by atoms with E-state index in [1.807, 2.05) is 0 Å². The van der Waals surface area contributed by atoms with Crippen LogP contribution < -0.4 is 4.74 Å². The molecule has 0 saturated heterocycles. The van der Waals surface area contributed by atoms with Gasteiger partial charge < -0.3 is 14.9 Å². The van der Waals surface area contributed by atoms with E-state index in [0.717, 1.165) is 11.1 Å². The zero-order chi connectivity index (χ0) is 10.3. The molecule has 0 bridgehead atoms. The summed E-state index contributed by atoms with van der Waals surface area (Å²) in [5, 5.41) is 18.2. The van der Waals surface area contributed by atoms with E-state index in [9.17, 15) is 9.90 Å². The molecule has 4 nitrogen and oxygen atoms in total. The van der Waals surface area contributed by atoms with Gasteiger partial charge in [-0.15, -0.1) is 0 Å². The third-order valence-corrected chi connectivity index (χ3v) is 2.54. The molecule has 0 radical (unpaired) electrons. The molecule has 14 heavy (non-hydrogen) atoms. The minimum Gasteiger partial charge on any atom is -0.504 e. The summed E-state index contributed by atoms with van der Waals surface area (Å²) in [6.45, 7) is 0. The number of aliphatic carboxylic acids is 1. The van der Waals surface area contributed by atoms with Crippen molar-refractivity contribution in [2.24, 2.45) is 0 Å². The number of methoxy groups -OCH3 is 1. The SMILES string of the molecule is COc1cc2c(cc1O)CC2C(=O)O. The Hall–Kier alpha value is -1.71. The summed E-state index contributed by atoms with van der Waals surface area (Å²) in [6, 6.07) is 3.15. The summed E-state index contributed by atoms with van der Waals surface area (Å²) in [7, 11) is 1.44. The average molecular weight is 194 g/mol. The first kappa shape index (κ1) is 8.87. The molecule has 1 unspecified atom stereocenters. The van der Waals surface area contributed by atoms with Crippen molar-refractivity contribution in [1.82, 2.24) is 0 Å². The van der Waals surface area contributed by atoms with Gasteiger partial charge in [0.15, 0.2) is 11.5 Å². The Morgan fingerprint density at radius 1 is 1.57 bits per heavy atom. The smallest absolute Gasteiger partial charge is 0.311 e. The van der Waals surface area contributed by atoms with Crippen LogP contribution in [0.25, 0.3) is 0 Å². The molecule has 0 spiro atoms. The van der Waals surface area contributed by atoms with E-state index >= 15 is 0 Å². The van der Waals surface area contributed by atoms with Crippen LogP contribution in [0, 0.1) is 0 Å². The van der Waals surface area contributed by atoms with Crippen LogP contribution >= 0.6 is 0 Å². The highest BCUT2D eigenvalue weighted by Gasteiger charge is 2.33. The van der Waals surface area contributed by atoms with Gasteiger partial charge in [0, 0.05) is 0 Å². The van der Waals surface area contributed by atoms with Crippen LogP contribution in [0.1, 0.15) is 17.0 Å². The Balaban J connectivity index is 2.41. The molecule has 4 heteroatoms.